The van der Waals surface area contributed by atoms with E-state index in [1.54, 1.807) is 87.5 Å². The van der Waals surface area contributed by atoms with Gasteiger partial charge in [0.25, 0.3) is 5.91 Å². The van der Waals surface area contributed by atoms with E-state index in [1.807, 2.05) is 6.07 Å². The molecule has 3 rings (SSSR count). The first-order valence-electron chi connectivity index (χ1n) is 9.98. The summed E-state index contributed by atoms with van der Waals surface area (Å²) in [6, 6.07) is 21.6. The summed E-state index contributed by atoms with van der Waals surface area (Å²) in [5.41, 5.74) is 1.23. The van der Waals surface area contributed by atoms with Gasteiger partial charge in [0.1, 0.15) is 11.4 Å². The summed E-state index contributed by atoms with van der Waals surface area (Å²) in [5, 5.41) is 5.39. The van der Waals surface area contributed by atoms with Crippen molar-refractivity contribution in [3.63, 3.8) is 0 Å². The molecule has 32 heavy (non-hydrogen) atoms. The summed E-state index contributed by atoms with van der Waals surface area (Å²) in [5.74, 6) is -0.602. The van der Waals surface area contributed by atoms with Crippen molar-refractivity contribution in [1.82, 2.24) is 0 Å². The summed E-state index contributed by atoms with van der Waals surface area (Å²) < 4.78 is 10.6. The Morgan fingerprint density at radius 2 is 1.31 bits per heavy atom. The molecule has 0 aromatic heterocycles. The van der Waals surface area contributed by atoms with E-state index in [1.165, 1.54) is 6.07 Å². The van der Waals surface area contributed by atoms with Crippen LogP contribution in [0.1, 0.15) is 41.5 Å². The normalized spacial score (nSPS) is 10.7. The molecule has 0 heterocycles. The van der Waals surface area contributed by atoms with Crippen LogP contribution in [-0.2, 0) is 4.74 Å². The largest absolute Gasteiger partial charge is 0.444 e. The van der Waals surface area contributed by atoms with E-state index >= 15 is 0 Å². The summed E-state index contributed by atoms with van der Waals surface area (Å²) in [7, 11) is 0. The number of nitrogens with one attached hydrogen (secondary N) is 2. The van der Waals surface area contributed by atoms with Crippen molar-refractivity contribution in [2.45, 2.75) is 26.4 Å². The SMILES string of the molecule is CC(C)(C)OC(=O)Nc1ccc(NC(=O)c2cccc(OC(=O)c3ccccc3)c2)cc1. The maximum atomic E-state index is 12.6. The Labute approximate surface area is 186 Å². The molecule has 3 aromatic carbocycles. The highest BCUT2D eigenvalue weighted by Gasteiger charge is 2.16. The predicted octanol–water partition coefficient (Wildman–Crippen LogP) is 5.51. The Kier molecular flexibility index (Phi) is 6.90. The number of hydrogen-bond donors (Lipinski definition) is 2. The molecule has 0 aliphatic carbocycles. The second-order valence-electron chi connectivity index (χ2n) is 7.94. The van der Waals surface area contributed by atoms with E-state index in [9.17, 15) is 14.4 Å². The molecule has 0 atom stereocenters. The lowest BCUT2D eigenvalue weighted by molar-refractivity contribution is 0.0634. The Bertz CT molecular complexity index is 1100. The van der Waals surface area contributed by atoms with Gasteiger partial charge in [-0.1, -0.05) is 24.3 Å². The van der Waals surface area contributed by atoms with Gasteiger partial charge < -0.3 is 14.8 Å². The topological polar surface area (TPSA) is 93.7 Å². The highest BCUT2D eigenvalue weighted by molar-refractivity contribution is 6.04. The lowest BCUT2D eigenvalue weighted by Crippen LogP contribution is -2.27. The third-order valence-electron chi connectivity index (χ3n) is 4.10. The van der Waals surface area contributed by atoms with Gasteiger partial charge in [-0.25, -0.2) is 9.59 Å². The molecule has 164 valence electrons. The quantitative estimate of drug-likeness (QED) is 0.410. The van der Waals surface area contributed by atoms with Crippen LogP contribution in [0.4, 0.5) is 16.2 Å². The van der Waals surface area contributed by atoms with E-state index in [-0.39, 0.29) is 11.7 Å². The van der Waals surface area contributed by atoms with Gasteiger partial charge in [-0.05, 0) is 75.4 Å². The fourth-order valence-corrected chi connectivity index (χ4v) is 2.70. The minimum atomic E-state index is -0.595. The third-order valence-corrected chi connectivity index (χ3v) is 4.10. The Hall–Kier alpha value is -4.13. The smallest absolute Gasteiger partial charge is 0.412 e. The van der Waals surface area contributed by atoms with Crippen LogP contribution in [0.5, 0.6) is 5.75 Å². The summed E-state index contributed by atoms with van der Waals surface area (Å²) in [6.45, 7) is 5.34. The molecule has 0 saturated heterocycles. The van der Waals surface area contributed by atoms with E-state index in [4.69, 9.17) is 9.47 Å². The highest BCUT2D eigenvalue weighted by Crippen LogP contribution is 2.19. The second-order valence-corrected chi connectivity index (χ2v) is 7.94. The maximum Gasteiger partial charge on any atom is 0.412 e. The van der Waals surface area contributed by atoms with Gasteiger partial charge in [-0.3, -0.25) is 10.1 Å². The van der Waals surface area contributed by atoms with Gasteiger partial charge in [0.05, 0.1) is 5.56 Å². The minimum absolute atomic E-state index is 0.267. The van der Waals surface area contributed by atoms with Crippen LogP contribution in [0, 0.1) is 0 Å². The predicted molar refractivity (Wildman–Crippen MR) is 122 cm³/mol. The average molecular weight is 432 g/mol. The summed E-state index contributed by atoms with van der Waals surface area (Å²) in [4.78, 5) is 36.6. The molecule has 7 heteroatoms. The van der Waals surface area contributed by atoms with Gasteiger partial charge in [0.15, 0.2) is 0 Å². The van der Waals surface area contributed by atoms with E-state index < -0.39 is 17.7 Å². The zero-order valence-electron chi connectivity index (χ0n) is 18.0. The van der Waals surface area contributed by atoms with Crippen LogP contribution in [0.2, 0.25) is 0 Å². The fraction of sp³-hybridized carbons (Fsp3) is 0.160. The number of anilines is 2. The number of amides is 2. The molecule has 0 saturated carbocycles. The first-order valence-corrected chi connectivity index (χ1v) is 9.98. The molecule has 0 unspecified atom stereocenters. The molecule has 0 radical (unpaired) electrons. The lowest BCUT2D eigenvalue weighted by atomic mass is 10.2. The molecule has 2 N–H and O–H groups in total. The van der Waals surface area contributed by atoms with Crippen molar-refractivity contribution >= 4 is 29.3 Å². The molecule has 0 fully saturated rings. The standard InChI is InChI=1S/C25H24N2O5/c1-25(2,3)32-24(30)27-20-14-12-19(13-15-20)26-22(28)18-10-7-11-21(16-18)31-23(29)17-8-5-4-6-9-17/h4-16H,1-3H3,(H,26,28)(H,27,30). The number of esters is 1. The van der Waals surface area contributed by atoms with Crippen LogP contribution in [0.3, 0.4) is 0 Å². The first kappa shape index (κ1) is 22.6. The Morgan fingerprint density at radius 1 is 0.719 bits per heavy atom. The maximum absolute atomic E-state index is 12.6. The van der Waals surface area contributed by atoms with Crippen molar-refractivity contribution in [3.8, 4) is 5.75 Å². The van der Waals surface area contributed by atoms with Gasteiger partial charge in [0, 0.05) is 16.9 Å². The molecule has 0 bridgehead atoms. The monoisotopic (exact) mass is 432 g/mol. The van der Waals surface area contributed by atoms with E-state index in [0.717, 1.165) is 0 Å². The van der Waals surface area contributed by atoms with Crippen LogP contribution >= 0.6 is 0 Å². The number of carbonyl (C=O) groups is 3. The van der Waals surface area contributed by atoms with Crippen molar-refractivity contribution < 1.29 is 23.9 Å². The van der Waals surface area contributed by atoms with Gasteiger partial charge in [0.2, 0.25) is 0 Å². The number of benzene rings is 3. The molecule has 0 aliphatic rings. The lowest BCUT2D eigenvalue weighted by Gasteiger charge is -2.19. The van der Waals surface area contributed by atoms with Crippen LogP contribution < -0.4 is 15.4 Å². The molecule has 2 amide bonds. The van der Waals surface area contributed by atoms with Crippen LogP contribution in [-0.4, -0.2) is 23.6 Å². The van der Waals surface area contributed by atoms with Crippen LogP contribution in [0.25, 0.3) is 0 Å². The number of ether oxygens (including phenoxy) is 2. The molecule has 7 nitrogen and oxygen atoms in total. The van der Waals surface area contributed by atoms with Crippen LogP contribution in [0.15, 0.2) is 78.9 Å². The molecule has 0 aliphatic heterocycles. The first-order chi connectivity index (χ1) is 15.2. The van der Waals surface area contributed by atoms with Crippen molar-refractivity contribution in [2.24, 2.45) is 0 Å². The van der Waals surface area contributed by atoms with Gasteiger partial charge in [-0.15, -0.1) is 0 Å². The van der Waals surface area contributed by atoms with E-state index in [0.29, 0.717) is 22.5 Å². The van der Waals surface area contributed by atoms with Gasteiger partial charge in [-0.2, -0.15) is 0 Å². The molecular formula is C25H24N2O5. The minimum Gasteiger partial charge on any atom is -0.444 e. The fourth-order valence-electron chi connectivity index (χ4n) is 2.70. The molecule has 0 spiro atoms. The zero-order chi connectivity index (χ0) is 23.1. The van der Waals surface area contributed by atoms with Crippen molar-refractivity contribution in [1.29, 1.82) is 0 Å². The van der Waals surface area contributed by atoms with Gasteiger partial charge >= 0.3 is 12.1 Å². The summed E-state index contributed by atoms with van der Waals surface area (Å²) >= 11 is 0. The molecular weight excluding hydrogens is 408 g/mol. The Morgan fingerprint density at radius 3 is 1.94 bits per heavy atom. The second kappa shape index (κ2) is 9.78. The molecule has 3 aromatic rings. The van der Waals surface area contributed by atoms with E-state index in [2.05, 4.69) is 10.6 Å². The average Bonchev–Trinajstić information content (AvgIpc) is 2.74. The highest BCUT2D eigenvalue weighted by atomic mass is 16.6. The Balaban J connectivity index is 1.60. The summed E-state index contributed by atoms with van der Waals surface area (Å²) in [6.07, 6.45) is -0.559. The van der Waals surface area contributed by atoms with Crippen molar-refractivity contribution in [3.05, 3.63) is 90.0 Å². The number of carbonyl (C=O) groups excluding carboxylic acids is 3. The zero-order valence-corrected chi connectivity index (χ0v) is 18.0. The van der Waals surface area contributed by atoms with Crippen molar-refractivity contribution in [2.75, 3.05) is 10.6 Å². The number of hydrogen-bond acceptors (Lipinski definition) is 5. The third kappa shape index (κ3) is 6.70. The number of rotatable bonds is 5.